The summed E-state index contributed by atoms with van der Waals surface area (Å²) in [6.45, 7) is 2.08. The van der Waals surface area contributed by atoms with Crippen molar-refractivity contribution < 1.29 is 14.3 Å². The molecule has 0 atom stereocenters. The number of carbonyl (C=O) groups excluding carboxylic acids is 2. The average Bonchev–Trinajstić information content (AvgIpc) is 2.86. The van der Waals surface area contributed by atoms with Gasteiger partial charge in [-0.2, -0.15) is 5.10 Å². The van der Waals surface area contributed by atoms with E-state index in [1.165, 1.54) is 0 Å². The molecule has 0 saturated carbocycles. The van der Waals surface area contributed by atoms with Crippen molar-refractivity contribution in [1.82, 2.24) is 9.78 Å². The molecule has 6 heteroatoms. The van der Waals surface area contributed by atoms with Crippen LogP contribution in [-0.4, -0.2) is 28.3 Å². The fraction of sp³-hybridized carbons (Fsp3) is 0.214. The zero-order valence-electron chi connectivity index (χ0n) is 11.3. The minimum atomic E-state index is -0.380. The SMILES string of the molecule is CCOC(=O)c1ccc(NC(=O)c2ccn(C)n2)cc1. The maximum absolute atomic E-state index is 11.9. The summed E-state index contributed by atoms with van der Waals surface area (Å²) < 4.78 is 6.44. The Balaban J connectivity index is 2.04. The number of esters is 1. The Morgan fingerprint density at radius 2 is 1.95 bits per heavy atom. The third-order valence-electron chi connectivity index (χ3n) is 2.60. The number of nitrogens with zero attached hydrogens (tertiary/aromatic N) is 2. The maximum atomic E-state index is 11.9. The van der Waals surface area contributed by atoms with Crippen molar-refractivity contribution in [2.24, 2.45) is 7.05 Å². The van der Waals surface area contributed by atoms with Crippen LogP contribution in [0.5, 0.6) is 0 Å². The fourth-order valence-electron chi connectivity index (χ4n) is 1.64. The van der Waals surface area contributed by atoms with Crippen LogP contribution in [0, 0.1) is 0 Å². The molecule has 1 amide bonds. The van der Waals surface area contributed by atoms with E-state index in [9.17, 15) is 9.59 Å². The van der Waals surface area contributed by atoms with Crippen LogP contribution in [0.25, 0.3) is 0 Å². The molecule has 0 aliphatic carbocycles. The molecule has 0 saturated heterocycles. The van der Waals surface area contributed by atoms with Crippen LogP contribution in [0.2, 0.25) is 0 Å². The lowest BCUT2D eigenvalue weighted by Crippen LogP contribution is -2.13. The minimum absolute atomic E-state index is 0.297. The molecule has 104 valence electrons. The summed E-state index contributed by atoms with van der Waals surface area (Å²) in [7, 11) is 1.74. The number of rotatable bonds is 4. The molecule has 1 aromatic heterocycles. The Labute approximate surface area is 116 Å². The van der Waals surface area contributed by atoms with E-state index in [0.29, 0.717) is 23.6 Å². The number of ether oxygens (including phenoxy) is 1. The largest absolute Gasteiger partial charge is 0.462 e. The highest BCUT2D eigenvalue weighted by molar-refractivity contribution is 6.03. The van der Waals surface area contributed by atoms with Crippen LogP contribution in [0.15, 0.2) is 36.5 Å². The summed E-state index contributed by atoms with van der Waals surface area (Å²) in [4.78, 5) is 23.4. The summed E-state index contributed by atoms with van der Waals surface area (Å²) in [6.07, 6.45) is 1.69. The highest BCUT2D eigenvalue weighted by Gasteiger charge is 2.10. The molecular weight excluding hydrogens is 258 g/mol. The van der Waals surface area contributed by atoms with Crippen molar-refractivity contribution in [1.29, 1.82) is 0 Å². The highest BCUT2D eigenvalue weighted by Crippen LogP contribution is 2.11. The molecule has 20 heavy (non-hydrogen) atoms. The topological polar surface area (TPSA) is 73.2 Å². The van der Waals surface area contributed by atoms with Crippen LogP contribution < -0.4 is 5.32 Å². The molecule has 6 nitrogen and oxygen atoms in total. The molecule has 0 aliphatic heterocycles. The van der Waals surface area contributed by atoms with Crippen LogP contribution in [-0.2, 0) is 11.8 Å². The molecule has 2 rings (SSSR count). The first kappa shape index (κ1) is 13.8. The molecule has 0 aliphatic rings. The molecular formula is C14H15N3O3. The van der Waals surface area contributed by atoms with E-state index in [-0.39, 0.29) is 11.9 Å². The van der Waals surface area contributed by atoms with Crippen molar-refractivity contribution >= 4 is 17.6 Å². The predicted octanol–water partition coefficient (Wildman–Crippen LogP) is 1.85. The van der Waals surface area contributed by atoms with Gasteiger partial charge >= 0.3 is 5.97 Å². The Kier molecular flexibility index (Phi) is 4.14. The zero-order valence-corrected chi connectivity index (χ0v) is 11.3. The van der Waals surface area contributed by atoms with Crippen molar-refractivity contribution in [3.63, 3.8) is 0 Å². The van der Waals surface area contributed by atoms with Crippen molar-refractivity contribution in [3.8, 4) is 0 Å². The second-order valence-electron chi connectivity index (χ2n) is 4.13. The molecule has 0 radical (unpaired) electrons. The van der Waals surface area contributed by atoms with Gasteiger partial charge in [0, 0.05) is 18.9 Å². The summed E-state index contributed by atoms with van der Waals surface area (Å²) in [5, 5.41) is 6.71. The van der Waals surface area contributed by atoms with Gasteiger partial charge in [-0.15, -0.1) is 0 Å². The molecule has 1 aromatic carbocycles. The lowest BCUT2D eigenvalue weighted by molar-refractivity contribution is 0.0526. The number of hydrogen-bond donors (Lipinski definition) is 1. The normalized spacial score (nSPS) is 10.1. The predicted molar refractivity (Wildman–Crippen MR) is 73.6 cm³/mol. The van der Waals surface area contributed by atoms with Gasteiger partial charge in [0.1, 0.15) is 0 Å². The van der Waals surface area contributed by atoms with Gasteiger partial charge in [0.05, 0.1) is 12.2 Å². The first-order valence-electron chi connectivity index (χ1n) is 6.18. The number of carbonyl (C=O) groups is 2. The molecule has 0 spiro atoms. The van der Waals surface area contributed by atoms with Crippen molar-refractivity contribution in [2.45, 2.75) is 6.92 Å². The third kappa shape index (κ3) is 3.23. The van der Waals surface area contributed by atoms with Crippen LogP contribution in [0.4, 0.5) is 5.69 Å². The van der Waals surface area contributed by atoms with E-state index in [0.717, 1.165) is 0 Å². The standard InChI is InChI=1S/C14H15N3O3/c1-3-20-14(19)10-4-6-11(7-5-10)15-13(18)12-8-9-17(2)16-12/h4-9H,3H2,1-2H3,(H,15,18). The summed E-state index contributed by atoms with van der Waals surface area (Å²) >= 11 is 0. The molecule has 0 bridgehead atoms. The van der Waals surface area contributed by atoms with Gasteiger partial charge in [0.2, 0.25) is 0 Å². The van der Waals surface area contributed by atoms with Gasteiger partial charge in [-0.1, -0.05) is 0 Å². The smallest absolute Gasteiger partial charge is 0.338 e. The van der Waals surface area contributed by atoms with Gasteiger partial charge in [-0.05, 0) is 37.3 Å². The number of anilines is 1. The van der Waals surface area contributed by atoms with Crippen LogP contribution in [0.1, 0.15) is 27.8 Å². The monoisotopic (exact) mass is 273 g/mol. The summed E-state index contributed by atoms with van der Waals surface area (Å²) in [6, 6.07) is 8.13. The number of benzene rings is 1. The third-order valence-corrected chi connectivity index (χ3v) is 2.60. The average molecular weight is 273 g/mol. The van der Waals surface area contributed by atoms with Gasteiger partial charge in [-0.25, -0.2) is 4.79 Å². The second kappa shape index (κ2) is 6.01. The first-order chi connectivity index (χ1) is 9.60. The Morgan fingerprint density at radius 3 is 2.50 bits per heavy atom. The molecule has 1 heterocycles. The zero-order chi connectivity index (χ0) is 14.5. The van der Waals surface area contributed by atoms with Crippen LogP contribution >= 0.6 is 0 Å². The molecule has 0 unspecified atom stereocenters. The van der Waals surface area contributed by atoms with Gasteiger partial charge in [-0.3, -0.25) is 9.48 Å². The Bertz CT molecular complexity index is 617. The van der Waals surface area contributed by atoms with E-state index < -0.39 is 0 Å². The van der Waals surface area contributed by atoms with Crippen molar-refractivity contribution in [2.75, 3.05) is 11.9 Å². The quantitative estimate of drug-likeness (QED) is 0.863. The van der Waals surface area contributed by atoms with E-state index in [4.69, 9.17) is 4.74 Å². The molecule has 2 aromatic rings. The lowest BCUT2D eigenvalue weighted by atomic mass is 10.2. The number of aromatic nitrogens is 2. The lowest BCUT2D eigenvalue weighted by Gasteiger charge is -2.05. The second-order valence-corrected chi connectivity index (χ2v) is 4.13. The van der Waals surface area contributed by atoms with Gasteiger partial charge < -0.3 is 10.1 Å². The number of amides is 1. The first-order valence-corrected chi connectivity index (χ1v) is 6.18. The van der Waals surface area contributed by atoms with E-state index >= 15 is 0 Å². The van der Waals surface area contributed by atoms with Crippen molar-refractivity contribution in [3.05, 3.63) is 47.8 Å². The van der Waals surface area contributed by atoms with Crippen LogP contribution in [0.3, 0.4) is 0 Å². The molecule has 1 N–H and O–H groups in total. The van der Waals surface area contributed by atoms with E-state index in [2.05, 4.69) is 10.4 Å². The van der Waals surface area contributed by atoms with E-state index in [1.807, 2.05) is 0 Å². The number of hydrogen-bond acceptors (Lipinski definition) is 4. The fourth-order valence-corrected chi connectivity index (χ4v) is 1.64. The Morgan fingerprint density at radius 1 is 1.25 bits per heavy atom. The summed E-state index contributed by atoms with van der Waals surface area (Å²) in [5.41, 5.74) is 1.37. The minimum Gasteiger partial charge on any atom is -0.462 e. The maximum Gasteiger partial charge on any atom is 0.338 e. The van der Waals surface area contributed by atoms with Gasteiger partial charge in [0.15, 0.2) is 5.69 Å². The summed E-state index contributed by atoms with van der Waals surface area (Å²) in [5.74, 6) is -0.676. The van der Waals surface area contributed by atoms with Gasteiger partial charge in [0.25, 0.3) is 5.91 Å². The number of nitrogens with one attached hydrogen (secondary N) is 1. The molecule has 0 fully saturated rings. The highest BCUT2D eigenvalue weighted by atomic mass is 16.5. The van der Waals surface area contributed by atoms with E-state index in [1.54, 1.807) is 55.2 Å². The Hall–Kier alpha value is -2.63. The number of aryl methyl sites for hydroxylation is 1.